The molecule has 2 aromatic rings. The number of ether oxygens (including phenoxy) is 1. The molecule has 0 radical (unpaired) electrons. The van der Waals surface area contributed by atoms with Gasteiger partial charge in [-0.3, -0.25) is 9.59 Å². The molecule has 2 aromatic carbocycles. The van der Waals surface area contributed by atoms with Crippen molar-refractivity contribution >= 4 is 17.4 Å². The lowest BCUT2D eigenvalue weighted by Gasteiger charge is -2.10. The Bertz CT molecular complexity index is 782. The van der Waals surface area contributed by atoms with Crippen molar-refractivity contribution in [2.24, 2.45) is 0 Å². The molecule has 0 unspecified atom stereocenters. The highest BCUT2D eigenvalue weighted by atomic mass is 19.2. The largest absolute Gasteiger partial charge is 0.477 e. The minimum absolute atomic E-state index is 0.0326. The summed E-state index contributed by atoms with van der Waals surface area (Å²) in [6.45, 7) is 0.453. The number of ketones is 1. The third kappa shape index (κ3) is 3.89. The highest BCUT2D eigenvalue weighted by Crippen LogP contribution is 2.26. The first-order valence-corrected chi connectivity index (χ1v) is 6.66. The second-order valence-corrected chi connectivity index (χ2v) is 4.77. The van der Waals surface area contributed by atoms with Gasteiger partial charge in [0.05, 0.1) is 0 Å². The molecule has 0 aliphatic rings. The van der Waals surface area contributed by atoms with E-state index < -0.39 is 41.5 Å². The van der Waals surface area contributed by atoms with E-state index >= 15 is 0 Å². The fourth-order valence-corrected chi connectivity index (χ4v) is 1.83. The second kappa shape index (κ2) is 7.12. The monoisotopic (exact) mass is 341 g/mol. The average Bonchev–Trinajstić information content (AvgIpc) is 2.53. The molecule has 4 nitrogen and oxygen atoms in total. The zero-order chi connectivity index (χ0) is 17.9. The first kappa shape index (κ1) is 17.5. The SMILES string of the molecule is CC(=O)c1cccc(NC(=O)COc2c(F)c(F)cc(F)c2F)c1. The lowest BCUT2D eigenvalue weighted by molar-refractivity contribution is -0.118. The maximum absolute atomic E-state index is 13.4. The molecule has 0 bridgehead atoms. The summed E-state index contributed by atoms with van der Waals surface area (Å²) in [5, 5.41) is 2.33. The highest BCUT2D eigenvalue weighted by Gasteiger charge is 2.21. The molecule has 1 N–H and O–H groups in total. The zero-order valence-electron chi connectivity index (χ0n) is 12.3. The minimum Gasteiger partial charge on any atom is -0.477 e. The zero-order valence-corrected chi connectivity index (χ0v) is 12.3. The van der Waals surface area contributed by atoms with Gasteiger partial charge in [-0.05, 0) is 19.1 Å². The van der Waals surface area contributed by atoms with Crippen LogP contribution in [0.1, 0.15) is 17.3 Å². The third-order valence-electron chi connectivity index (χ3n) is 2.97. The van der Waals surface area contributed by atoms with E-state index in [0.717, 1.165) is 0 Å². The van der Waals surface area contributed by atoms with Crippen LogP contribution < -0.4 is 10.1 Å². The van der Waals surface area contributed by atoms with Crippen molar-refractivity contribution in [3.8, 4) is 5.75 Å². The second-order valence-electron chi connectivity index (χ2n) is 4.77. The highest BCUT2D eigenvalue weighted by molar-refractivity contribution is 5.97. The van der Waals surface area contributed by atoms with Crippen molar-refractivity contribution in [3.05, 3.63) is 59.2 Å². The van der Waals surface area contributed by atoms with Crippen LogP contribution in [0.4, 0.5) is 23.2 Å². The summed E-state index contributed by atoms with van der Waals surface area (Å²) < 4.78 is 57.3. The van der Waals surface area contributed by atoms with E-state index in [-0.39, 0.29) is 17.5 Å². The summed E-state index contributed by atoms with van der Waals surface area (Å²) in [5.74, 6) is -9.13. The summed E-state index contributed by atoms with van der Waals surface area (Å²) >= 11 is 0. The first-order valence-electron chi connectivity index (χ1n) is 6.66. The lowest BCUT2D eigenvalue weighted by atomic mass is 10.1. The number of hydrogen-bond donors (Lipinski definition) is 1. The standard InChI is InChI=1S/C16H11F4NO3/c1-8(22)9-3-2-4-10(5-9)21-13(23)7-24-16-14(19)11(17)6-12(18)15(16)20/h2-6H,7H2,1H3,(H,21,23). The molecule has 24 heavy (non-hydrogen) atoms. The van der Waals surface area contributed by atoms with Gasteiger partial charge < -0.3 is 10.1 Å². The van der Waals surface area contributed by atoms with Crippen molar-refractivity contribution in [3.63, 3.8) is 0 Å². The van der Waals surface area contributed by atoms with Crippen molar-refractivity contribution in [2.75, 3.05) is 11.9 Å². The van der Waals surface area contributed by atoms with Crippen LogP contribution in [-0.4, -0.2) is 18.3 Å². The Labute approximate surface area is 134 Å². The van der Waals surface area contributed by atoms with Crippen molar-refractivity contribution in [1.29, 1.82) is 0 Å². The molecular formula is C16H11F4NO3. The number of anilines is 1. The van der Waals surface area contributed by atoms with E-state index in [1.54, 1.807) is 0 Å². The Morgan fingerprint density at radius 3 is 2.25 bits per heavy atom. The van der Waals surface area contributed by atoms with Crippen LogP contribution in [0.3, 0.4) is 0 Å². The smallest absolute Gasteiger partial charge is 0.262 e. The number of halogens is 4. The Balaban J connectivity index is 2.07. The van der Waals surface area contributed by atoms with Crippen molar-refractivity contribution < 1.29 is 31.9 Å². The van der Waals surface area contributed by atoms with Gasteiger partial charge in [0, 0.05) is 17.3 Å². The predicted molar refractivity (Wildman–Crippen MR) is 76.8 cm³/mol. The molecular weight excluding hydrogens is 330 g/mol. The average molecular weight is 341 g/mol. The molecule has 8 heteroatoms. The number of carbonyl (C=O) groups excluding carboxylic acids is 2. The summed E-state index contributed by atoms with van der Waals surface area (Å²) in [6.07, 6.45) is 0. The van der Waals surface area contributed by atoms with Gasteiger partial charge in [-0.25, -0.2) is 8.78 Å². The van der Waals surface area contributed by atoms with E-state index in [9.17, 15) is 27.2 Å². The van der Waals surface area contributed by atoms with Crippen LogP contribution in [0.5, 0.6) is 5.75 Å². The fraction of sp³-hybridized carbons (Fsp3) is 0.125. The maximum atomic E-state index is 13.4. The number of hydrogen-bond acceptors (Lipinski definition) is 3. The van der Waals surface area contributed by atoms with Gasteiger partial charge in [-0.2, -0.15) is 8.78 Å². The summed E-state index contributed by atoms with van der Waals surface area (Å²) in [5.41, 5.74) is 0.598. The van der Waals surface area contributed by atoms with Crippen molar-refractivity contribution in [1.82, 2.24) is 0 Å². The number of Topliss-reactive ketones (excluding diaryl/α,β-unsaturated/α-hetero) is 1. The van der Waals surface area contributed by atoms with E-state index in [0.29, 0.717) is 5.56 Å². The molecule has 0 atom stereocenters. The Morgan fingerprint density at radius 2 is 1.67 bits per heavy atom. The Kier molecular flexibility index (Phi) is 5.18. The van der Waals surface area contributed by atoms with E-state index in [4.69, 9.17) is 0 Å². The summed E-state index contributed by atoms with van der Waals surface area (Å²) in [4.78, 5) is 22.9. The normalized spacial score (nSPS) is 10.4. The van der Waals surface area contributed by atoms with Crippen LogP contribution in [0.25, 0.3) is 0 Å². The third-order valence-corrected chi connectivity index (χ3v) is 2.97. The minimum atomic E-state index is -1.74. The van der Waals surface area contributed by atoms with Crippen LogP contribution in [0.15, 0.2) is 30.3 Å². The Morgan fingerprint density at radius 1 is 1.04 bits per heavy atom. The van der Waals surface area contributed by atoms with Gasteiger partial charge in [-0.15, -0.1) is 0 Å². The van der Waals surface area contributed by atoms with E-state index in [1.807, 2.05) is 0 Å². The van der Waals surface area contributed by atoms with Crippen LogP contribution in [-0.2, 0) is 4.79 Å². The van der Waals surface area contributed by atoms with Gasteiger partial charge in [0.1, 0.15) is 0 Å². The lowest BCUT2D eigenvalue weighted by Crippen LogP contribution is -2.21. The topological polar surface area (TPSA) is 55.4 Å². The molecule has 0 aromatic heterocycles. The van der Waals surface area contributed by atoms with Gasteiger partial charge in [0.15, 0.2) is 29.8 Å². The Hall–Kier alpha value is -2.90. The molecule has 2 rings (SSSR count). The van der Waals surface area contributed by atoms with Crippen LogP contribution >= 0.6 is 0 Å². The molecule has 0 aliphatic carbocycles. The number of benzene rings is 2. The van der Waals surface area contributed by atoms with Crippen LogP contribution in [0, 0.1) is 23.3 Å². The molecule has 1 amide bonds. The molecule has 126 valence electrons. The maximum Gasteiger partial charge on any atom is 0.262 e. The molecule has 0 heterocycles. The first-order chi connectivity index (χ1) is 11.3. The van der Waals surface area contributed by atoms with Gasteiger partial charge in [0.2, 0.25) is 11.6 Å². The van der Waals surface area contributed by atoms with Gasteiger partial charge in [-0.1, -0.05) is 12.1 Å². The molecule has 0 spiro atoms. The number of carbonyl (C=O) groups is 2. The number of nitrogens with one attached hydrogen (secondary N) is 1. The molecule has 0 saturated heterocycles. The number of amides is 1. The molecule has 0 fully saturated rings. The fourth-order valence-electron chi connectivity index (χ4n) is 1.83. The molecule has 0 aliphatic heterocycles. The van der Waals surface area contributed by atoms with Gasteiger partial charge >= 0.3 is 0 Å². The summed E-state index contributed by atoms with van der Waals surface area (Å²) in [6, 6.07) is 5.96. The summed E-state index contributed by atoms with van der Waals surface area (Å²) in [7, 11) is 0. The van der Waals surface area contributed by atoms with E-state index in [1.165, 1.54) is 31.2 Å². The van der Waals surface area contributed by atoms with Crippen LogP contribution in [0.2, 0.25) is 0 Å². The quantitative estimate of drug-likeness (QED) is 0.515. The van der Waals surface area contributed by atoms with E-state index in [2.05, 4.69) is 10.1 Å². The molecule has 0 saturated carbocycles. The van der Waals surface area contributed by atoms with Crippen molar-refractivity contribution in [2.45, 2.75) is 6.92 Å². The van der Waals surface area contributed by atoms with Gasteiger partial charge in [0.25, 0.3) is 5.91 Å². The predicted octanol–water partition coefficient (Wildman–Crippen LogP) is 3.46. The number of rotatable bonds is 5.